The molecule has 1 aliphatic heterocycles. The maximum Gasteiger partial charge on any atom is 0.573 e. The molecular weight excluding hydrogens is 382 g/mol. The first-order valence-electron chi connectivity index (χ1n) is 8.26. The summed E-state index contributed by atoms with van der Waals surface area (Å²) in [5.41, 5.74) is 1.54. The molecular formula is C18H17F4N3O3. The number of alkyl halides is 3. The molecule has 10 heteroatoms. The number of nitrogens with zero attached hydrogens (tertiary/aromatic N) is 2. The van der Waals surface area contributed by atoms with E-state index in [1.54, 1.807) is 19.2 Å². The number of nitrogens with one attached hydrogen (secondary N) is 1. The van der Waals surface area contributed by atoms with Gasteiger partial charge in [0, 0.05) is 13.3 Å². The van der Waals surface area contributed by atoms with Crippen LogP contribution in [0, 0.1) is 12.7 Å². The van der Waals surface area contributed by atoms with E-state index in [0.717, 1.165) is 17.7 Å². The van der Waals surface area contributed by atoms with Gasteiger partial charge in [-0.1, -0.05) is 6.07 Å². The monoisotopic (exact) mass is 399 g/mol. The summed E-state index contributed by atoms with van der Waals surface area (Å²) in [5, 5.41) is 2.90. The number of aromatic nitrogens is 1. The number of carbonyl (C=O) groups excluding carboxylic acids is 1. The van der Waals surface area contributed by atoms with Crippen LogP contribution in [0.4, 0.5) is 29.1 Å². The fourth-order valence-corrected chi connectivity index (χ4v) is 3.00. The first kappa shape index (κ1) is 19.9. The van der Waals surface area contributed by atoms with Crippen molar-refractivity contribution in [2.24, 2.45) is 0 Å². The summed E-state index contributed by atoms with van der Waals surface area (Å²) in [4.78, 5) is 18.3. The average molecular weight is 399 g/mol. The van der Waals surface area contributed by atoms with Gasteiger partial charge >= 0.3 is 6.36 Å². The van der Waals surface area contributed by atoms with Crippen LogP contribution < -0.4 is 15.0 Å². The molecule has 1 unspecified atom stereocenters. The number of pyridine rings is 1. The lowest BCUT2D eigenvalue weighted by molar-refractivity contribution is -0.275. The van der Waals surface area contributed by atoms with Crippen LogP contribution in [-0.2, 0) is 9.53 Å². The zero-order valence-corrected chi connectivity index (χ0v) is 15.0. The van der Waals surface area contributed by atoms with Crippen LogP contribution in [0.25, 0.3) is 0 Å². The summed E-state index contributed by atoms with van der Waals surface area (Å²) in [7, 11) is 1.41. The van der Waals surface area contributed by atoms with Gasteiger partial charge in [-0.25, -0.2) is 9.37 Å². The summed E-state index contributed by atoms with van der Waals surface area (Å²) in [6.45, 7) is 1.78. The summed E-state index contributed by atoms with van der Waals surface area (Å²) < 4.78 is 60.2. The summed E-state index contributed by atoms with van der Waals surface area (Å²) in [5.74, 6) is -1.97. The Bertz CT molecular complexity index is 889. The van der Waals surface area contributed by atoms with Crippen molar-refractivity contribution in [3.63, 3.8) is 0 Å². The van der Waals surface area contributed by atoms with E-state index < -0.39 is 24.0 Å². The summed E-state index contributed by atoms with van der Waals surface area (Å²) in [6, 6.07) is 4.03. The Balaban J connectivity index is 2.02. The number of hydrogen-bond acceptors (Lipinski definition) is 5. The quantitative estimate of drug-likeness (QED) is 0.779. The number of hydrogen-bond donors (Lipinski definition) is 1. The molecule has 1 aromatic heterocycles. The Kier molecular flexibility index (Phi) is 5.41. The molecule has 1 N–H and O–H groups in total. The number of benzene rings is 1. The van der Waals surface area contributed by atoms with Crippen molar-refractivity contribution in [1.82, 2.24) is 4.98 Å². The number of anilines is 2. The Hall–Kier alpha value is -2.88. The van der Waals surface area contributed by atoms with E-state index in [2.05, 4.69) is 15.0 Å². The van der Waals surface area contributed by atoms with Gasteiger partial charge in [-0.15, -0.1) is 13.2 Å². The fourth-order valence-electron chi connectivity index (χ4n) is 3.00. The lowest BCUT2D eigenvalue weighted by Crippen LogP contribution is -2.44. The number of carbonyl (C=O) groups is 1. The van der Waals surface area contributed by atoms with E-state index in [9.17, 15) is 22.4 Å². The zero-order valence-electron chi connectivity index (χ0n) is 15.0. The van der Waals surface area contributed by atoms with Gasteiger partial charge < -0.3 is 14.8 Å². The molecule has 6 nitrogen and oxygen atoms in total. The van der Waals surface area contributed by atoms with Gasteiger partial charge in [0.1, 0.15) is 5.82 Å². The maximum atomic E-state index is 14.2. The Morgan fingerprint density at radius 1 is 1.32 bits per heavy atom. The van der Waals surface area contributed by atoms with Gasteiger partial charge in [-0.05, 0) is 36.2 Å². The van der Waals surface area contributed by atoms with E-state index in [1.807, 2.05) is 0 Å². The van der Waals surface area contributed by atoms with Crippen molar-refractivity contribution >= 4 is 17.4 Å². The Morgan fingerprint density at radius 2 is 2.07 bits per heavy atom. The van der Waals surface area contributed by atoms with Gasteiger partial charge in [-0.2, -0.15) is 0 Å². The largest absolute Gasteiger partial charge is 0.573 e. The molecule has 28 heavy (non-hydrogen) atoms. The van der Waals surface area contributed by atoms with Crippen LogP contribution >= 0.6 is 0 Å². The molecule has 1 atom stereocenters. The van der Waals surface area contributed by atoms with Crippen LogP contribution in [0.1, 0.15) is 17.2 Å². The van der Waals surface area contributed by atoms with E-state index in [1.165, 1.54) is 18.1 Å². The number of fused-ring (bicyclic) bond motifs is 1. The number of aryl methyl sites for hydroxylation is 1. The molecule has 1 aromatic carbocycles. The first-order valence-corrected chi connectivity index (χ1v) is 8.26. The second-order valence-corrected chi connectivity index (χ2v) is 6.21. The van der Waals surface area contributed by atoms with Gasteiger partial charge in [-0.3, -0.25) is 9.69 Å². The number of ether oxygens (including phenoxy) is 2. The molecule has 0 bridgehead atoms. The second-order valence-electron chi connectivity index (χ2n) is 6.21. The minimum absolute atomic E-state index is 0.00195. The highest BCUT2D eigenvalue weighted by Gasteiger charge is 2.35. The minimum atomic E-state index is -5.01. The summed E-state index contributed by atoms with van der Waals surface area (Å²) in [6.07, 6.45) is -3.38. The van der Waals surface area contributed by atoms with Crippen LogP contribution in [0.3, 0.4) is 0 Å². The molecule has 0 saturated carbocycles. The van der Waals surface area contributed by atoms with Crippen molar-refractivity contribution < 1.29 is 31.8 Å². The molecule has 2 heterocycles. The Labute approximate surface area is 158 Å². The SMILES string of the molecule is COCC(c1ccc(OC(F)(F)F)c(F)c1)N1C(=O)CNc2ncc(C)cc21. The predicted molar refractivity (Wildman–Crippen MR) is 92.6 cm³/mol. The number of halogens is 4. The third-order valence-electron chi connectivity index (χ3n) is 4.14. The third kappa shape index (κ3) is 4.16. The predicted octanol–water partition coefficient (Wildman–Crippen LogP) is 3.57. The molecule has 0 aliphatic carbocycles. The molecule has 0 saturated heterocycles. The Morgan fingerprint density at radius 3 is 2.71 bits per heavy atom. The summed E-state index contributed by atoms with van der Waals surface area (Å²) >= 11 is 0. The third-order valence-corrected chi connectivity index (χ3v) is 4.14. The van der Waals surface area contributed by atoms with Crippen LogP contribution in [-0.4, -0.2) is 37.5 Å². The smallest absolute Gasteiger partial charge is 0.403 e. The van der Waals surface area contributed by atoms with Crippen LogP contribution in [0.5, 0.6) is 5.75 Å². The van der Waals surface area contributed by atoms with Crippen molar-refractivity contribution in [2.75, 3.05) is 30.5 Å². The van der Waals surface area contributed by atoms with E-state index in [0.29, 0.717) is 11.5 Å². The highest BCUT2D eigenvalue weighted by molar-refractivity contribution is 6.02. The number of amides is 1. The van der Waals surface area contributed by atoms with E-state index in [-0.39, 0.29) is 24.6 Å². The lowest BCUT2D eigenvalue weighted by Gasteiger charge is -2.36. The van der Waals surface area contributed by atoms with Crippen molar-refractivity contribution in [2.45, 2.75) is 19.3 Å². The van der Waals surface area contributed by atoms with E-state index >= 15 is 0 Å². The normalized spacial score (nSPS) is 15.1. The molecule has 1 amide bonds. The highest BCUT2D eigenvalue weighted by atomic mass is 19.4. The standard InChI is InChI=1S/C18H17F4N3O3/c1-10-5-13-17(23-7-10)24-8-16(26)25(13)14(9-27-2)11-3-4-15(12(19)6-11)28-18(20,21)22/h3-7,14H,8-9H2,1-2H3,(H,23,24). The van der Waals surface area contributed by atoms with Crippen molar-refractivity contribution in [1.29, 1.82) is 0 Å². The van der Waals surface area contributed by atoms with Crippen molar-refractivity contribution in [3.8, 4) is 5.75 Å². The number of rotatable bonds is 5. The zero-order chi connectivity index (χ0) is 20.5. The molecule has 1 aliphatic rings. The lowest BCUT2D eigenvalue weighted by atomic mass is 10.0. The van der Waals surface area contributed by atoms with E-state index in [4.69, 9.17) is 4.74 Å². The number of methoxy groups -OCH3 is 1. The molecule has 0 radical (unpaired) electrons. The molecule has 3 rings (SSSR count). The molecule has 150 valence electrons. The van der Waals surface area contributed by atoms with Gasteiger partial charge in [0.15, 0.2) is 11.6 Å². The van der Waals surface area contributed by atoms with Crippen molar-refractivity contribution in [3.05, 3.63) is 47.4 Å². The molecule has 0 fully saturated rings. The average Bonchev–Trinajstić information content (AvgIpc) is 2.61. The van der Waals surface area contributed by atoms with Gasteiger partial charge in [0.25, 0.3) is 0 Å². The van der Waals surface area contributed by atoms with Crippen LogP contribution in [0.15, 0.2) is 30.5 Å². The topological polar surface area (TPSA) is 63.7 Å². The molecule has 2 aromatic rings. The highest BCUT2D eigenvalue weighted by Crippen LogP contribution is 2.36. The second kappa shape index (κ2) is 7.63. The first-order chi connectivity index (χ1) is 13.2. The molecule has 0 spiro atoms. The van der Waals surface area contributed by atoms with Gasteiger partial charge in [0.2, 0.25) is 5.91 Å². The fraction of sp³-hybridized carbons (Fsp3) is 0.333. The minimum Gasteiger partial charge on any atom is -0.403 e. The van der Waals surface area contributed by atoms with Crippen LogP contribution in [0.2, 0.25) is 0 Å². The van der Waals surface area contributed by atoms with Gasteiger partial charge in [0.05, 0.1) is 24.9 Å². The maximum absolute atomic E-state index is 14.2.